The minimum absolute atomic E-state index is 0.0636. The number of furan rings is 1. The van der Waals surface area contributed by atoms with Crippen LogP contribution in [0.4, 0.5) is 0 Å². The molecule has 0 spiro atoms. The maximum Gasteiger partial charge on any atom is 0.271 e. The van der Waals surface area contributed by atoms with Gasteiger partial charge in [-0.25, -0.2) is 4.99 Å². The number of rotatable bonds is 3. The molecular formula is C29H18Cl2N2O2S2. The molecule has 8 heteroatoms. The standard InChI is InChI=1S/C29H18Cl2N2O2S2/c30-21-8-3-7-19(25(21)31)22-13-11-17(35-22)15-24-28(34)33-27(23-9-4-14-36-23)20-12-10-16-5-1-2-6-18(16)26(20)32-29(33)37-24/h1-9,11,13-15,27H,10,12H2/b24-15+/t27-/m0/s1. The number of aromatic nitrogens is 1. The van der Waals surface area contributed by atoms with Crippen LogP contribution in [0.3, 0.4) is 0 Å². The van der Waals surface area contributed by atoms with Gasteiger partial charge in [-0.05, 0) is 59.7 Å². The van der Waals surface area contributed by atoms with Crippen molar-refractivity contribution in [1.82, 2.24) is 4.57 Å². The first kappa shape index (κ1) is 23.0. The molecule has 4 heterocycles. The highest BCUT2D eigenvalue weighted by Crippen LogP contribution is 2.42. The van der Waals surface area contributed by atoms with Gasteiger partial charge in [0.15, 0.2) is 4.80 Å². The van der Waals surface area contributed by atoms with Crippen molar-refractivity contribution in [3.8, 4) is 11.3 Å². The van der Waals surface area contributed by atoms with Crippen molar-refractivity contribution in [3.63, 3.8) is 0 Å². The van der Waals surface area contributed by atoms with Crippen molar-refractivity contribution in [1.29, 1.82) is 0 Å². The molecule has 1 aliphatic carbocycles. The van der Waals surface area contributed by atoms with Gasteiger partial charge < -0.3 is 4.42 Å². The Morgan fingerprint density at radius 2 is 1.84 bits per heavy atom. The van der Waals surface area contributed by atoms with Crippen molar-refractivity contribution in [3.05, 3.63) is 129 Å². The third-order valence-corrected chi connectivity index (χ3v) is 9.53. The fourth-order valence-electron chi connectivity index (χ4n) is 5.12. The third-order valence-electron chi connectivity index (χ3n) is 6.80. The Kier molecular flexibility index (Phi) is 5.59. The van der Waals surface area contributed by atoms with E-state index in [-0.39, 0.29) is 11.6 Å². The predicted octanol–water partition coefficient (Wildman–Crippen LogP) is 6.95. The minimum atomic E-state index is -0.154. The highest BCUT2D eigenvalue weighted by Gasteiger charge is 2.33. The molecule has 2 aliphatic rings. The van der Waals surface area contributed by atoms with Gasteiger partial charge >= 0.3 is 0 Å². The molecule has 0 fully saturated rings. The van der Waals surface area contributed by atoms with E-state index in [1.165, 1.54) is 22.5 Å². The SMILES string of the molecule is O=c1/c(=C\c2ccc(-c3cccc(Cl)c3Cl)o2)sc2n1[C@H](c1cccs1)C1=C(N=2)c2ccccc2CC1. The zero-order valence-electron chi connectivity index (χ0n) is 19.3. The molecule has 0 amide bonds. The number of nitrogens with zero attached hydrogens (tertiary/aromatic N) is 2. The summed E-state index contributed by atoms with van der Waals surface area (Å²) in [7, 11) is 0. The second kappa shape index (κ2) is 8.99. The number of allylic oxidation sites excluding steroid dienone is 1. The van der Waals surface area contributed by atoms with Crippen molar-refractivity contribution in [2.45, 2.75) is 18.9 Å². The summed E-state index contributed by atoms with van der Waals surface area (Å²) in [4.78, 5) is 20.7. The average Bonchev–Trinajstić information content (AvgIpc) is 3.67. The molecule has 37 heavy (non-hydrogen) atoms. The topological polar surface area (TPSA) is 47.5 Å². The number of aryl methyl sites for hydroxylation is 1. The Hall–Kier alpha value is -3.16. The first-order chi connectivity index (χ1) is 18.1. The molecule has 0 radical (unpaired) electrons. The molecule has 5 aromatic rings. The number of benzene rings is 2. The van der Waals surface area contributed by atoms with Gasteiger partial charge in [0.2, 0.25) is 0 Å². The maximum absolute atomic E-state index is 13.8. The number of fused-ring (bicyclic) bond motifs is 3. The lowest BCUT2D eigenvalue weighted by atomic mass is 9.85. The van der Waals surface area contributed by atoms with Gasteiger partial charge in [-0.2, -0.15) is 0 Å². The van der Waals surface area contributed by atoms with E-state index in [9.17, 15) is 4.79 Å². The summed E-state index contributed by atoms with van der Waals surface area (Å²) >= 11 is 15.6. The van der Waals surface area contributed by atoms with Gasteiger partial charge in [0.1, 0.15) is 11.5 Å². The van der Waals surface area contributed by atoms with E-state index >= 15 is 0 Å². The summed E-state index contributed by atoms with van der Waals surface area (Å²) < 4.78 is 8.49. The summed E-state index contributed by atoms with van der Waals surface area (Å²) in [6.07, 6.45) is 3.61. The van der Waals surface area contributed by atoms with Crippen molar-refractivity contribution in [2.24, 2.45) is 4.99 Å². The molecule has 2 aromatic carbocycles. The van der Waals surface area contributed by atoms with E-state index in [4.69, 9.17) is 32.6 Å². The molecule has 3 aromatic heterocycles. The number of thiophene rings is 1. The molecule has 1 aliphatic heterocycles. The second-order valence-corrected chi connectivity index (χ2v) is 11.7. The quantitative estimate of drug-likeness (QED) is 0.240. The lowest BCUT2D eigenvalue weighted by Crippen LogP contribution is -2.38. The maximum atomic E-state index is 13.8. The Labute approximate surface area is 230 Å². The smallest absolute Gasteiger partial charge is 0.271 e. The molecule has 0 saturated heterocycles. The third kappa shape index (κ3) is 3.79. The lowest BCUT2D eigenvalue weighted by Gasteiger charge is -2.30. The summed E-state index contributed by atoms with van der Waals surface area (Å²) in [5.74, 6) is 1.16. The van der Waals surface area contributed by atoms with Gasteiger partial charge in [-0.15, -0.1) is 11.3 Å². The van der Waals surface area contributed by atoms with Gasteiger partial charge in [-0.1, -0.05) is 70.9 Å². The summed E-state index contributed by atoms with van der Waals surface area (Å²) in [6.45, 7) is 0. The van der Waals surface area contributed by atoms with Gasteiger partial charge in [0, 0.05) is 22.1 Å². The number of hydrogen-bond acceptors (Lipinski definition) is 5. The van der Waals surface area contributed by atoms with E-state index in [0.717, 1.165) is 29.0 Å². The first-order valence-corrected chi connectivity index (χ1v) is 14.2. The normalized spacial score (nSPS) is 16.8. The van der Waals surface area contributed by atoms with Crippen LogP contribution < -0.4 is 14.9 Å². The van der Waals surface area contributed by atoms with Crippen molar-refractivity contribution < 1.29 is 4.42 Å². The van der Waals surface area contributed by atoms with Crippen LogP contribution in [-0.4, -0.2) is 4.57 Å². The molecule has 0 bridgehead atoms. The van der Waals surface area contributed by atoms with Gasteiger partial charge in [-0.3, -0.25) is 9.36 Å². The Balaban J connectivity index is 1.39. The molecule has 182 valence electrons. The molecule has 0 N–H and O–H groups in total. The van der Waals surface area contributed by atoms with Crippen LogP contribution in [0.2, 0.25) is 10.0 Å². The Morgan fingerprint density at radius 3 is 2.70 bits per heavy atom. The van der Waals surface area contributed by atoms with E-state index in [1.54, 1.807) is 23.5 Å². The minimum Gasteiger partial charge on any atom is -0.457 e. The fraction of sp³-hybridized carbons (Fsp3) is 0.103. The van der Waals surface area contributed by atoms with Gasteiger partial charge in [0.25, 0.3) is 5.56 Å². The van der Waals surface area contributed by atoms with Crippen LogP contribution >= 0.6 is 45.9 Å². The molecule has 0 saturated carbocycles. The molecule has 4 nitrogen and oxygen atoms in total. The molecule has 0 unspecified atom stereocenters. The zero-order valence-corrected chi connectivity index (χ0v) is 22.4. The Morgan fingerprint density at radius 1 is 0.973 bits per heavy atom. The van der Waals surface area contributed by atoms with E-state index in [1.807, 2.05) is 34.9 Å². The second-order valence-electron chi connectivity index (χ2n) is 8.93. The predicted molar refractivity (Wildman–Crippen MR) is 151 cm³/mol. The van der Waals surface area contributed by atoms with Crippen LogP contribution in [0.25, 0.3) is 23.1 Å². The lowest BCUT2D eigenvalue weighted by molar-refractivity contribution is 0.571. The highest BCUT2D eigenvalue weighted by atomic mass is 35.5. The zero-order chi connectivity index (χ0) is 25.1. The first-order valence-electron chi connectivity index (χ1n) is 11.8. The number of thiazole rings is 1. The van der Waals surface area contributed by atoms with E-state index < -0.39 is 0 Å². The summed E-state index contributed by atoms with van der Waals surface area (Å²) in [5, 5.41) is 2.96. The van der Waals surface area contributed by atoms with Crippen LogP contribution in [0, 0.1) is 0 Å². The molecule has 7 rings (SSSR count). The molecular weight excluding hydrogens is 543 g/mol. The largest absolute Gasteiger partial charge is 0.457 e. The van der Waals surface area contributed by atoms with Gasteiger partial charge in [0.05, 0.1) is 26.3 Å². The van der Waals surface area contributed by atoms with Crippen molar-refractivity contribution in [2.75, 3.05) is 0 Å². The summed E-state index contributed by atoms with van der Waals surface area (Å²) in [5.41, 5.74) is 5.32. The monoisotopic (exact) mass is 560 g/mol. The number of hydrogen-bond donors (Lipinski definition) is 0. The van der Waals surface area contributed by atoms with E-state index in [2.05, 4.69) is 35.7 Å². The fourth-order valence-corrected chi connectivity index (χ4v) is 7.34. The summed E-state index contributed by atoms with van der Waals surface area (Å²) in [6, 6.07) is 21.5. The van der Waals surface area contributed by atoms with Crippen LogP contribution in [0.1, 0.15) is 34.2 Å². The number of halogens is 2. The van der Waals surface area contributed by atoms with Crippen LogP contribution in [0.5, 0.6) is 0 Å². The van der Waals surface area contributed by atoms with Crippen molar-refractivity contribution >= 4 is 57.6 Å². The molecule has 1 atom stereocenters. The average molecular weight is 562 g/mol. The van der Waals surface area contributed by atoms with Crippen LogP contribution in [0.15, 0.2) is 91.9 Å². The Bertz CT molecular complexity index is 1890. The van der Waals surface area contributed by atoms with Crippen LogP contribution in [-0.2, 0) is 6.42 Å². The highest BCUT2D eigenvalue weighted by molar-refractivity contribution is 7.10. The van der Waals surface area contributed by atoms with E-state index in [0.29, 0.717) is 36.5 Å².